The fourth-order valence-corrected chi connectivity index (χ4v) is 5.38. The van der Waals surface area contributed by atoms with Crippen molar-refractivity contribution < 1.29 is 22.4 Å². The number of sulfonamides is 1. The average Bonchev–Trinajstić information content (AvgIpc) is 3.22. The van der Waals surface area contributed by atoms with Crippen LogP contribution in [0.3, 0.4) is 0 Å². The van der Waals surface area contributed by atoms with Gasteiger partial charge in [0.15, 0.2) is 5.76 Å². The predicted molar refractivity (Wildman–Crippen MR) is 110 cm³/mol. The van der Waals surface area contributed by atoms with Crippen LogP contribution >= 0.6 is 0 Å². The zero-order valence-electron chi connectivity index (χ0n) is 17.2. The fraction of sp³-hybridized carbons (Fsp3) is 0.762. The summed E-state index contributed by atoms with van der Waals surface area (Å²) in [5.74, 6) is -0.270. The van der Waals surface area contributed by atoms with Crippen molar-refractivity contribution in [3.63, 3.8) is 0 Å². The molecule has 0 spiro atoms. The third-order valence-electron chi connectivity index (χ3n) is 5.81. The summed E-state index contributed by atoms with van der Waals surface area (Å²) >= 11 is 0. The first-order valence-corrected chi connectivity index (χ1v) is 12.5. The summed E-state index contributed by atoms with van der Waals surface area (Å²) in [5.41, 5.74) is 0. The Morgan fingerprint density at radius 3 is 2.03 bits per heavy atom. The molecule has 1 amide bonds. The van der Waals surface area contributed by atoms with Gasteiger partial charge in [-0.2, -0.15) is 4.31 Å². The van der Waals surface area contributed by atoms with Gasteiger partial charge in [0.05, 0.1) is 13.2 Å². The molecule has 164 valence electrons. The number of carbonyl (C=O) groups is 1. The highest BCUT2D eigenvalue weighted by Crippen LogP contribution is 2.21. The molecule has 0 atom stereocenters. The summed E-state index contributed by atoms with van der Waals surface area (Å²) in [6, 6.07) is 2.95. The Morgan fingerprint density at radius 2 is 1.45 bits per heavy atom. The van der Waals surface area contributed by atoms with Crippen LogP contribution in [0, 0.1) is 0 Å². The molecule has 7 nitrogen and oxygen atoms in total. The Labute approximate surface area is 174 Å². The average molecular weight is 427 g/mol. The Kier molecular flexibility index (Phi) is 8.56. The first-order chi connectivity index (χ1) is 14.1. The highest BCUT2D eigenvalue weighted by molar-refractivity contribution is 7.89. The molecule has 1 N–H and O–H groups in total. The minimum absolute atomic E-state index is 0.0583. The Hall–Kier alpha value is -1.38. The first-order valence-electron chi connectivity index (χ1n) is 11.1. The van der Waals surface area contributed by atoms with Gasteiger partial charge in [-0.05, 0) is 25.0 Å². The van der Waals surface area contributed by atoms with E-state index >= 15 is 0 Å². The van der Waals surface area contributed by atoms with Gasteiger partial charge < -0.3 is 14.5 Å². The first kappa shape index (κ1) is 22.3. The lowest BCUT2D eigenvalue weighted by Crippen LogP contribution is -2.40. The lowest BCUT2D eigenvalue weighted by Gasteiger charge is -2.24. The molecule has 1 aromatic heterocycles. The zero-order chi connectivity index (χ0) is 20.5. The molecule has 1 saturated heterocycles. The maximum Gasteiger partial charge on any atom is 0.287 e. The lowest BCUT2D eigenvalue weighted by atomic mass is 9.98. The van der Waals surface area contributed by atoms with E-state index < -0.39 is 10.0 Å². The number of nitrogens with zero attached hydrogens (tertiary/aromatic N) is 1. The van der Waals surface area contributed by atoms with Crippen LogP contribution in [0.15, 0.2) is 21.6 Å². The van der Waals surface area contributed by atoms with Gasteiger partial charge in [-0.3, -0.25) is 4.79 Å². The molecular weight excluding hydrogens is 392 g/mol. The Bertz CT molecular complexity index is 728. The van der Waals surface area contributed by atoms with Crippen LogP contribution in [0.2, 0.25) is 0 Å². The predicted octanol–water partition coefficient (Wildman–Crippen LogP) is 3.70. The van der Waals surface area contributed by atoms with E-state index in [1.54, 1.807) is 0 Å². The van der Waals surface area contributed by atoms with E-state index in [9.17, 15) is 13.2 Å². The minimum atomic E-state index is -3.73. The van der Waals surface area contributed by atoms with Crippen molar-refractivity contribution in [2.24, 2.45) is 0 Å². The number of ether oxygens (including phenoxy) is 1. The number of furan rings is 1. The van der Waals surface area contributed by atoms with Crippen molar-refractivity contribution >= 4 is 15.9 Å². The van der Waals surface area contributed by atoms with Crippen molar-refractivity contribution in [3.05, 3.63) is 17.9 Å². The highest BCUT2D eigenvalue weighted by Gasteiger charge is 2.30. The minimum Gasteiger partial charge on any atom is -0.438 e. The van der Waals surface area contributed by atoms with Gasteiger partial charge >= 0.3 is 0 Å². The molecule has 0 aromatic carbocycles. The molecule has 0 radical (unpaired) electrons. The van der Waals surface area contributed by atoms with Crippen LogP contribution in [0.4, 0.5) is 0 Å². The van der Waals surface area contributed by atoms with Crippen LogP contribution < -0.4 is 5.32 Å². The van der Waals surface area contributed by atoms with Gasteiger partial charge in [0.25, 0.3) is 15.9 Å². The Morgan fingerprint density at radius 1 is 0.897 bits per heavy atom. The van der Waals surface area contributed by atoms with Crippen molar-refractivity contribution in [1.82, 2.24) is 9.62 Å². The van der Waals surface area contributed by atoms with Gasteiger partial charge in [0, 0.05) is 19.1 Å². The summed E-state index contributed by atoms with van der Waals surface area (Å²) < 4.78 is 37.4. The molecule has 0 bridgehead atoms. The van der Waals surface area contributed by atoms with E-state index in [4.69, 9.17) is 9.15 Å². The van der Waals surface area contributed by atoms with E-state index in [1.807, 2.05) is 0 Å². The standard InChI is InChI=1S/C21H34N2O5S/c24-21(22-18-10-8-6-4-2-1-3-5-7-9-11-18)19-12-13-20(28-19)29(25,26)23-14-16-27-17-15-23/h12-13,18H,1-11,14-17H2,(H,22,24). The van der Waals surface area contributed by atoms with Crippen molar-refractivity contribution in [3.8, 4) is 0 Å². The molecule has 0 unspecified atom stereocenters. The third kappa shape index (κ3) is 6.55. The molecule has 2 aliphatic rings. The summed E-state index contributed by atoms with van der Waals surface area (Å²) in [6.45, 7) is 1.34. The van der Waals surface area contributed by atoms with Crippen LogP contribution in [0.5, 0.6) is 0 Å². The molecule has 8 heteroatoms. The number of amides is 1. The normalized spacial score (nSPS) is 21.8. The van der Waals surface area contributed by atoms with Crippen LogP contribution in [0.1, 0.15) is 81.2 Å². The summed E-state index contributed by atoms with van der Waals surface area (Å²) in [5, 5.41) is 2.89. The van der Waals surface area contributed by atoms with Crippen LogP contribution in [-0.2, 0) is 14.8 Å². The number of rotatable bonds is 4. The molecule has 1 aliphatic carbocycles. The maximum absolute atomic E-state index is 12.7. The second kappa shape index (κ2) is 11.1. The summed E-state index contributed by atoms with van der Waals surface area (Å²) in [6.07, 6.45) is 13.0. The van der Waals surface area contributed by atoms with Crippen LogP contribution in [0.25, 0.3) is 0 Å². The van der Waals surface area contributed by atoms with Gasteiger partial charge in [0.1, 0.15) is 0 Å². The topological polar surface area (TPSA) is 88.9 Å². The summed E-state index contributed by atoms with van der Waals surface area (Å²) in [4.78, 5) is 12.7. The number of carbonyl (C=O) groups excluding carboxylic acids is 1. The van der Waals surface area contributed by atoms with Gasteiger partial charge in [-0.25, -0.2) is 8.42 Å². The van der Waals surface area contributed by atoms with Gasteiger partial charge in [-0.1, -0.05) is 57.8 Å². The van der Waals surface area contributed by atoms with Crippen molar-refractivity contribution in [1.29, 1.82) is 0 Å². The van der Waals surface area contributed by atoms with E-state index in [-0.39, 0.29) is 22.8 Å². The van der Waals surface area contributed by atoms with E-state index in [0.29, 0.717) is 26.3 Å². The second-order valence-corrected chi connectivity index (χ2v) is 9.93. The number of hydrogen-bond acceptors (Lipinski definition) is 5. The molecule has 1 saturated carbocycles. The largest absolute Gasteiger partial charge is 0.438 e. The van der Waals surface area contributed by atoms with E-state index in [2.05, 4.69) is 5.32 Å². The lowest BCUT2D eigenvalue weighted by molar-refractivity contribution is 0.0722. The summed E-state index contributed by atoms with van der Waals surface area (Å²) in [7, 11) is -3.73. The Balaban J connectivity index is 1.59. The monoisotopic (exact) mass is 426 g/mol. The quantitative estimate of drug-likeness (QED) is 0.793. The molecule has 1 aliphatic heterocycles. The molecule has 29 heavy (non-hydrogen) atoms. The van der Waals surface area contributed by atoms with Crippen molar-refractivity contribution in [2.75, 3.05) is 26.3 Å². The molecule has 2 heterocycles. The van der Waals surface area contributed by atoms with Gasteiger partial charge in [-0.15, -0.1) is 0 Å². The van der Waals surface area contributed by atoms with E-state index in [0.717, 1.165) is 25.7 Å². The van der Waals surface area contributed by atoms with Crippen LogP contribution in [-0.4, -0.2) is 51.0 Å². The second-order valence-electron chi connectivity index (χ2n) is 8.06. The molecule has 3 rings (SSSR count). The van der Waals surface area contributed by atoms with Crippen molar-refractivity contribution in [2.45, 2.75) is 81.8 Å². The van der Waals surface area contributed by atoms with E-state index in [1.165, 1.54) is 61.4 Å². The number of morpholine rings is 1. The zero-order valence-corrected chi connectivity index (χ0v) is 18.1. The number of nitrogens with one attached hydrogen (secondary N) is 1. The molecule has 1 aromatic rings. The van der Waals surface area contributed by atoms with Gasteiger partial charge in [0.2, 0.25) is 5.09 Å². The smallest absolute Gasteiger partial charge is 0.287 e. The molecule has 2 fully saturated rings. The SMILES string of the molecule is O=C(NC1CCCCCCCCCCC1)c1ccc(S(=O)(=O)N2CCOCC2)o1. The molecular formula is C21H34N2O5S. The fourth-order valence-electron chi connectivity index (χ4n) is 4.06. The third-order valence-corrected chi connectivity index (χ3v) is 7.58. The number of hydrogen-bond donors (Lipinski definition) is 1. The highest BCUT2D eigenvalue weighted by atomic mass is 32.2. The maximum atomic E-state index is 12.7.